The maximum atomic E-state index is 13.4. The number of rotatable bonds is 3. The van der Waals surface area contributed by atoms with E-state index in [9.17, 15) is 17.6 Å². The number of aromatic nitrogens is 1. The van der Waals surface area contributed by atoms with E-state index in [1.54, 1.807) is 0 Å². The fraction of sp³-hybridized carbons (Fsp3) is 0.154. The average Bonchev–Trinajstić information content (AvgIpc) is 2.40. The molecule has 0 unspecified atom stereocenters. The highest BCUT2D eigenvalue weighted by Crippen LogP contribution is 2.34. The Morgan fingerprint density at radius 1 is 1.15 bits per heavy atom. The summed E-state index contributed by atoms with van der Waals surface area (Å²) in [6.45, 7) is 0. The van der Waals surface area contributed by atoms with Gasteiger partial charge in [-0.25, -0.2) is 4.39 Å². The monoisotopic (exact) mass is 286 g/mol. The van der Waals surface area contributed by atoms with Gasteiger partial charge in [-0.2, -0.15) is 18.2 Å². The van der Waals surface area contributed by atoms with E-state index >= 15 is 0 Å². The van der Waals surface area contributed by atoms with Gasteiger partial charge in [0.2, 0.25) is 5.88 Å². The number of nitrogens with one attached hydrogen (secondary N) is 1. The minimum atomic E-state index is -4.54. The van der Waals surface area contributed by atoms with E-state index in [2.05, 4.69) is 10.3 Å². The van der Waals surface area contributed by atoms with Crippen LogP contribution in [0.2, 0.25) is 0 Å². The molecule has 1 aromatic heterocycles. The molecule has 0 bridgehead atoms. The van der Waals surface area contributed by atoms with Crippen LogP contribution in [0.25, 0.3) is 0 Å². The number of halogens is 4. The molecule has 0 spiro atoms. The van der Waals surface area contributed by atoms with Crippen molar-refractivity contribution in [2.24, 2.45) is 0 Å². The highest BCUT2D eigenvalue weighted by Gasteiger charge is 2.32. The molecular formula is C13H10F4N2O. The Bertz CT molecular complexity index is 614. The first kappa shape index (κ1) is 14.1. The van der Waals surface area contributed by atoms with Crippen LogP contribution >= 0.6 is 0 Å². The number of alkyl halides is 3. The minimum absolute atomic E-state index is 0.0221. The zero-order chi connectivity index (χ0) is 14.8. The van der Waals surface area contributed by atoms with Crippen LogP contribution in [0.1, 0.15) is 5.56 Å². The molecule has 2 aromatic rings. The molecule has 0 atom stereocenters. The zero-order valence-corrected chi connectivity index (χ0v) is 10.3. The number of anilines is 1. The third kappa shape index (κ3) is 3.17. The first-order valence-corrected chi connectivity index (χ1v) is 5.59. The highest BCUT2D eigenvalue weighted by molar-refractivity contribution is 5.43. The van der Waals surface area contributed by atoms with E-state index in [1.807, 2.05) is 0 Å². The summed E-state index contributed by atoms with van der Waals surface area (Å²) in [4.78, 5) is 3.80. The van der Waals surface area contributed by atoms with E-state index in [4.69, 9.17) is 4.74 Å². The molecule has 0 aliphatic heterocycles. The van der Waals surface area contributed by atoms with Gasteiger partial charge in [0.1, 0.15) is 5.82 Å². The van der Waals surface area contributed by atoms with Crippen LogP contribution in [0.3, 0.4) is 0 Å². The number of pyridine rings is 1. The summed E-state index contributed by atoms with van der Waals surface area (Å²) >= 11 is 0. The average molecular weight is 286 g/mol. The molecule has 1 N–H and O–H groups in total. The summed E-state index contributed by atoms with van der Waals surface area (Å²) in [6, 6.07) is 6.95. The lowest BCUT2D eigenvalue weighted by molar-refractivity contribution is -0.137. The standard InChI is InChI=1S/C13H10F4N2O/c1-18-11-6-8(13(15,16)17)7-12(19-11)20-10-5-3-2-4-9(10)14/h2-7H,1H3,(H,18,19). The fourth-order valence-corrected chi connectivity index (χ4v) is 1.49. The minimum Gasteiger partial charge on any atom is -0.436 e. The summed E-state index contributed by atoms with van der Waals surface area (Å²) in [5.74, 6) is -1.24. The molecule has 2 rings (SSSR count). The molecule has 1 heterocycles. The van der Waals surface area contributed by atoms with Gasteiger partial charge in [-0.15, -0.1) is 0 Å². The molecule has 0 amide bonds. The fourth-order valence-electron chi connectivity index (χ4n) is 1.49. The SMILES string of the molecule is CNc1cc(C(F)(F)F)cc(Oc2ccccc2F)n1. The van der Waals surface area contributed by atoms with Gasteiger partial charge in [0.05, 0.1) is 5.56 Å². The molecule has 0 aliphatic rings. The van der Waals surface area contributed by atoms with Crippen molar-refractivity contribution in [3.63, 3.8) is 0 Å². The third-order valence-electron chi connectivity index (χ3n) is 2.44. The van der Waals surface area contributed by atoms with Crippen LogP contribution < -0.4 is 10.1 Å². The van der Waals surface area contributed by atoms with E-state index in [0.29, 0.717) is 6.07 Å². The smallest absolute Gasteiger partial charge is 0.416 e. The summed E-state index contributed by atoms with van der Waals surface area (Å²) in [6.07, 6.45) is -4.54. The van der Waals surface area contributed by atoms with E-state index in [1.165, 1.54) is 25.2 Å². The Balaban J connectivity index is 2.39. The van der Waals surface area contributed by atoms with Crippen molar-refractivity contribution in [3.8, 4) is 11.6 Å². The van der Waals surface area contributed by atoms with Gasteiger partial charge in [0, 0.05) is 13.1 Å². The Morgan fingerprint density at radius 2 is 1.85 bits per heavy atom. The van der Waals surface area contributed by atoms with Gasteiger partial charge in [0.25, 0.3) is 0 Å². The molecular weight excluding hydrogens is 276 g/mol. The number of benzene rings is 1. The van der Waals surface area contributed by atoms with Crippen molar-refractivity contribution in [2.45, 2.75) is 6.18 Å². The van der Waals surface area contributed by atoms with Gasteiger partial charge < -0.3 is 10.1 Å². The first-order valence-electron chi connectivity index (χ1n) is 5.59. The lowest BCUT2D eigenvalue weighted by atomic mass is 10.2. The third-order valence-corrected chi connectivity index (χ3v) is 2.44. The van der Waals surface area contributed by atoms with Gasteiger partial charge in [-0.05, 0) is 18.2 Å². The normalized spacial score (nSPS) is 11.2. The summed E-state index contributed by atoms with van der Waals surface area (Å²) < 4.78 is 56.6. The molecule has 0 saturated carbocycles. The maximum absolute atomic E-state index is 13.4. The van der Waals surface area contributed by atoms with Crippen molar-refractivity contribution < 1.29 is 22.3 Å². The largest absolute Gasteiger partial charge is 0.436 e. The Kier molecular flexibility index (Phi) is 3.78. The van der Waals surface area contributed by atoms with Crippen LogP contribution in [0, 0.1) is 5.82 Å². The topological polar surface area (TPSA) is 34.1 Å². The molecule has 0 radical (unpaired) electrons. The van der Waals surface area contributed by atoms with Crippen molar-refractivity contribution in [2.75, 3.05) is 12.4 Å². The Hall–Kier alpha value is -2.31. The highest BCUT2D eigenvalue weighted by atomic mass is 19.4. The molecule has 20 heavy (non-hydrogen) atoms. The number of para-hydroxylation sites is 1. The number of hydrogen-bond acceptors (Lipinski definition) is 3. The quantitative estimate of drug-likeness (QED) is 0.863. The number of hydrogen-bond donors (Lipinski definition) is 1. The summed E-state index contributed by atoms with van der Waals surface area (Å²) in [5.41, 5.74) is -0.928. The van der Waals surface area contributed by atoms with Gasteiger partial charge in [-0.1, -0.05) is 12.1 Å². The molecule has 1 aromatic carbocycles. The molecule has 3 nitrogen and oxygen atoms in total. The maximum Gasteiger partial charge on any atom is 0.416 e. The predicted octanol–water partition coefficient (Wildman–Crippen LogP) is 4.07. The van der Waals surface area contributed by atoms with Gasteiger partial charge in [-0.3, -0.25) is 0 Å². The zero-order valence-electron chi connectivity index (χ0n) is 10.3. The second-order valence-electron chi connectivity index (χ2n) is 3.86. The van der Waals surface area contributed by atoms with Crippen LogP contribution in [0.4, 0.5) is 23.4 Å². The van der Waals surface area contributed by atoms with Gasteiger partial charge in [0.15, 0.2) is 11.6 Å². The van der Waals surface area contributed by atoms with Crippen molar-refractivity contribution in [1.29, 1.82) is 0 Å². The molecule has 7 heteroatoms. The lowest BCUT2D eigenvalue weighted by Crippen LogP contribution is -2.07. The van der Waals surface area contributed by atoms with E-state index < -0.39 is 17.6 Å². The first-order chi connectivity index (χ1) is 9.40. The van der Waals surface area contributed by atoms with Crippen LogP contribution in [0.5, 0.6) is 11.6 Å². The number of ether oxygens (including phenoxy) is 1. The van der Waals surface area contributed by atoms with Crippen molar-refractivity contribution in [3.05, 3.63) is 47.8 Å². The van der Waals surface area contributed by atoms with Crippen molar-refractivity contribution >= 4 is 5.82 Å². The number of nitrogens with zero attached hydrogens (tertiary/aromatic N) is 1. The van der Waals surface area contributed by atoms with Gasteiger partial charge >= 0.3 is 6.18 Å². The van der Waals surface area contributed by atoms with E-state index in [0.717, 1.165) is 12.1 Å². The summed E-state index contributed by atoms with van der Waals surface area (Å²) in [7, 11) is 1.43. The molecule has 0 aliphatic carbocycles. The molecule has 106 valence electrons. The second kappa shape index (κ2) is 5.36. The summed E-state index contributed by atoms with van der Waals surface area (Å²) in [5, 5.41) is 2.50. The molecule has 0 saturated heterocycles. The lowest BCUT2D eigenvalue weighted by Gasteiger charge is -2.12. The van der Waals surface area contributed by atoms with E-state index in [-0.39, 0.29) is 17.4 Å². The predicted molar refractivity (Wildman–Crippen MR) is 65.3 cm³/mol. The van der Waals surface area contributed by atoms with Crippen LogP contribution in [-0.4, -0.2) is 12.0 Å². The van der Waals surface area contributed by atoms with Crippen LogP contribution in [-0.2, 0) is 6.18 Å². The van der Waals surface area contributed by atoms with Crippen LogP contribution in [0.15, 0.2) is 36.4 Å². The Labute approximate surface area is 112 Å². The molecule has 0 fully saturated rings. The Morgan fingerprint density at radius 3 is 2.45 bits per heavy atom. The second-order valence-corrected chi connectivity index (χ2v) is 3.86. The van der Waals surface area contributed by atoms with Crippen molar-refractivity contribution in [1.82, 2.24) is 4.98 Å².